The first-order valence-electron chi connectivity index (χ1n) is 9.02. The number of pyridine rings is 1. The van der Waals surface area contributed by atoms with Gasteiger partial charge in [-0.3, -0.25) is 9.78 Å². The van der Waals surface area contributed by atoms with Crippen LogP contribution in [0, 0.1) is 13.8 Å². The van der Waals surface area contributed by atoms with Gasteiger partial charge in [0.25, 0.3) is 5.91 Å². The maximum absolute atomic E-state index is 13.1. The van der Waals surface area contributed by atoms with Gasteiger partial charge in [0.05, 0.1) is 11.3 Å². The minimum Gasteiger partial charge on any atom is -0.321 e. The Morgan fingerprint density at radius 2 is 1.68 bits per heavy atom. The lowest BCUT2D eigenvalue weighted by molar-refractivity contribution is 0.102. The van der Waals surface area contributed by atoms with Crippen molar-refractivity contribution in [2.45, 2.75) is 60.3 Å². The lowest BCUT2D eigenvalue weighted by Crippen LogP contribution is -2.18. The van der Waals surface area contributed by atoms with E-state index in [-0.39, 0.29) is 5.91 Å². The summed E-state index contributed by atoms with van der Waals surface area (Å²) in [6.45, 7) is 10.3. The Morgan fingerprint density at radius 3 is 2.20 bits per heavy atom. The molecule has 0 aliphatic carbocycles. The smallest absolute Gasteiger partial charge is 0.258 e. The lowest BCUT2D eigenvalue weighted by Gasteiger charge is -2.18. The van der Waals surface area contributed by atoms with Gasteiger partial charge >= 0.3 is 0 Å². The summed E-state index contributed by atoms with van der Waals surface area (Å²) >= 11 is 3.67. The Hall–Kier alpha value is -1.68. The highest BCUT2D eigenvalue weighted by Crippen LogP contribution is 2.29. The lowest BCUT2D eigenvalue weighted by atomic mass is 10.0. The van der Waals surface area contributed by atoms with Crippen molar-refractivity contribution in [1.82, 2.24) is 4.98 Å². The van der Waals surface area contributed by atoms with E-state index >= 15 is 0 Å². The van der Waals surface area contributed by atoms with Gasteiger partial charge in [-0.05, 0) is 65.7 Å². The topological polar surface area (TPSA) is 42.0 Å². The van der Waals surface area contributed by atoms with E-state index in [9.17, 15) is 4.79 Å². The van der Waals surface area contributed by atoms with Gasteiger partial charge in [0.15, 0.2) is 0 Å². The molecule has 1 amide bonds. The van der Waals surface area contributed by atoms with Gasteiger partial charge in [0.1, 0.15) is 0 Å². The van der Waals surface area contributed by atoms with Crippen molar-refractivity contribution >= 4 is 27.5 Å². The number of rotatable bonds is 6. The van der Waals surface area contributed by atoms with Crippen LogP contribution < -0.4 is 5.32 Å². The SMILES string of the molecule is CCCc1c(C)nc(C)c(C(=O)Nc2c(CC)cccc2CC)c1Br. The normalized spacial score (nSPS) is 10.8. The summed E-state index contributed by atoms with van der Waals surface area (Å²) in [7, 11) is 0. The number of carbonyl (C=O) groups is 1. The minimum atomic E-state index is -0.0928. The number of aromatic nitrogens is 1. The van der Waals surface area contributed by atoms with Crippen molar-refractivity contribution in [2.75, 3.05) is 5.32 Å². The molecule has 134 valence electrons. The molecule has 0 unspecified atom stereocenters. The summed E-state index contributed by atoms with van der Waals surface area (Å²) < 4.78 is 0.879. The molecule has 2 aromatic rings. The van der Waals surface area contributed by atoms with E-state index in [0.717, 1.165) is 63.9 Å². The fraction of sp³-hybridized carbons (Fsp3) is 0.429. The predicted molar refractivity (Wildman–Crippen MR) is 109 cm³/mol. The number of hydrogen-bond acceptors (Lipinski definition) is 2. The molecule has 0 saturated heterocycles. The predicted octanol–water partition coefficient (Wildman–Crippen LogP) is 5.79. The zero-order chi connectivity index (χ0) is 18.6. The maximum Gasteiger partial charge on any atom is 0.258 e. The van der Waals surface area contributed by atoms with Crippen molar-refractivity contribution in [3.8, 4) is 0 Å². The molecule has 2 rings (SSSR count). The van der Waals surface area contributed by atoms with E-state index in [1.54, 1.807) is 0 Å². The first-order valence-corrected chi connectivity index (χ1v) is 9.81. The average Bonchev–Trinajstić information content (AvgIpc) is 2.58. The van der Waals surface area contributed by atoms with Gasteiger partial charge in [0, 0.05) is 15.9 Å². The van der Waals surface area contributed by atoms with Crippen LogP contribution in [0.3, 0.4) is 0 Å². The minimum absolute atomic E-state index is 0.0928. The molecule has 0 fully saturated rings. The third-order valence-electron chi connectivity index (χ3n) is 4.58. The van der Waals surface area contributed by atoms with E-state index in [4.69, 9.17) is 0 Å². The van der Waals surface area contributed by atoms with Gasteiger partial charge < -0.3 is 5.32 Å². The van der Waals surface area contributed by atoms with Crippen molar-refractivity contribution in [3.05, 3.63) is 56.3 Å². The van der Waals surface area contributed by atoms with Crippen LogP contribution in [0.1, 0.15) is 65.6 Å². The van der Waals surface area contributed by atoms with Crippen LogP contribution in [0.5, 0.6) is 0 Å². The Balaban J connectivity index is 2.48. The monoisotopic (exact) mass is 402 g/mol. The molecule has 1 N–H and O–H groups in total. The number of amides is 1. The Bertz CT molecular complexity index is 762. The number of hydrogen-bond donors (Lipinski definition) is 1. The average molecular weight is 403 g/mol. The van der Waals surface area contributed by atoms with Crippen LogP contribution in [-0.4, -0.2) is 10.9 Å². The fourth-order valence-corrected chi connectivity index (χ4v) is 4.18. The molecule has 0 aliphatic heterocycles. The zero-order valence-electron chi connectivity index (χ0n) is 15.8. The summed E-state index contributed by atoms with van der Waals surface area (Å²) in [6.07, 6.45) is 3.70. The number of nitrogens with one attached hydrogen (secondary N) is 1. The summed E-state index contributed by atoms with van der Waals surface area (Å²) in [5.41, 5.74) is 6.78. The Morgan fingerprint density at radius 1 is 1.08 bits per heavy atom. The largest absolute Gasteiger partial charge is 0.321 e. The van der Waals surface area contributed by atoms with Crippen LogP contribution in [-0.2, 0) is 19.3 Å². The van der Waals surface area contributed by atoms with Gasteiger partial charge in [-0.25, -0.2) is 0 Å². The second-order valence-corrected chi connectivity index (χ2v) is 7.11. The highest BCUT2D eigenvalue weighted by Gasteiger charge is 2.20. The molecule has 0 saturated carbocycles. The third-order valence-corrected chi connectivity index (χ3v) is 5.46. The number of para-hydroxylation sites is 1. The Kier molecular flexibility index (Phi) is 6.77. The number of carbonyl (C=O) groups excluding carboxylic acids is 1. The number of nitrogens with zero attached hydrogens (tertiary/aromatic N) is 1. The van der Waals surface area contributed by atoms with E-state index in [2.05, 4.69) is 65.2 Å². The van der Waals surface area contributed by atoms with Crippen LogP contribution in [0.25, 0.3) is 0 Å². The second-order valence-electron chi connectivity index (χ2n) is 6.31. The van der Waals surface area contributed by atoms with Crippen LogP contribution in [0.4, 0.5) is 5.69 Å². The standard InChI is InChI=1S/C21H27BrN2O/c1-6-10-17-13(4)23-14(5)18(19(17)22)21(25)24-20-15(7-2)11-9-12-16(20)8-3/h9,11-12H,6-8,10H2,1-5H3,(H,24,25). The third kappa shape index (κ3) is 4.12. The molecule has 1 aromatic carbocycles. The summed E-state index contributed by atoms with van der Waals surface area (Å²) in [6, 6.07) is 6.21. The van der Waals surface area contributed by atoms with E-state index < -0.39 is 0 Å². The van der Waals surface area contributed by atoms with Crippen LogP contribution in [0.15, 0.2) is 22.7 Å². The van der Waals surface area contributed by atoms with Crippen LogP contribution >= 0.6 is 15.9 Å². The molecule has 0 atom stereocenters. The molecule has 1 heterocycles. The molecule has 25 heavy (non-hydrogen) atoms. The Labute approximate surface area is 159 Å². The highest BCUT2D eigenvalue weighted by molar-refractivity contribution is 9.10. The summed E-state index contributed by atoms with van der Waals surface area (Å²) in [5.74, 6) is -0.0928. The van der Waals surface area contributed by atoms with Crippen molar-refractivity contribution in [2.24, 2.45) is 0 Å². The molecule has 0 aliphatic rings. The van der Waals surface area contributed by atoms with Gasteiger partial charge in [-0.1, -0.05) is 45.4 Å². The fourth-order valence-electron chi connectivity index (χ4n) is 3.23. The number of anilines is 1. The van der Waals surface area contributed by atoms with Crippen molar-refractivity contribution < 1.29 is 4.79 Å². The zero-order valence-corrected chi connectivity index (χ0v) is 17.4. The molecule has 0 radical (unpaired) electrons. The van der Waals surface area contributed by atoms with Crippen molar-refractivity contribution in [1.29, 1.82) is 0 Å². The first kappa shape index (κ1) is 19.6. The highest BCUT2D eigenvalue weighted by atomic mass is 79.9. The van der Waals surface area contributed by atoms with Gasteiger partial charge in [-0.2, -0.15) is 0 Å². The summed E-state index contributed by atoms with van der Waals surface area (Å²) in [4.78, 5) is 17.7. The van der Waals surface area contributed by atoms with E-state index in [0.29, 0.717) is 5.56 Å². The second kappa shape index (κ2) is 8.61. The van der Waals surface area contributed by atoms with E-state index in [1.807, 2.05) is 13.8 Å². The quantitative estimate of drug-likeness (QED) is 0.663. The van der Waals surface area contributed by atoms with E-state index in [1.165, 1.54) is 0 Å². The molecule has 3 nitrogen and oxygen atoms in total. The van der Waals surface area contributed by atoms with Crippen LogP contribution in [0.2, 0.25) is 0 Å². The molecule has 1 aromatic heterocycles. The number of benzene rings is 1. The summed E-state index contributed by atoms with van der Waals surface area (Å²) in [5, 5.41) is 3.16. The van der Waals surface area contributed by atoms with Gasteiger partial charge in [-0.15, -0.1) is 0 Å². The molecular formula is C21H27BrN2O. The molecular weight excluding hydrogens is 376 g/mol. The number of halogens is 1. The molecule has 4 heteroatoms. The molecule has 0 bridgehead atoms. The maximum atomic E-state index is 13.1. The number of aryl methyl sites for hydroxylation is 4. The van der Waals surface area contributed by atoms with Crippen molar-refractivity contribution in [3.63, 3.8) is 0 Å². The van der Waals surface area contributed by atoms with Gasteiger partial charge in [0.2, 0.25) is 0 Å². The first-order chi connectivity index (χ1) is 11.9. The molecule has 0 spiro atoms.